The van der Waals surface area contributed by atoms with Crippen LogP contribution in [-0.2, 0) is 16.7 Å². The summed E-state index contributed by atoms with van der Waals surface area (Å²) >= 11 is 0. The van der Waals surface area contributed by atoms with Gasteiger partial charge in [-0.1, -0.05) is 151 Å². The third kappa shape index (κ3) is 5.64. The van der Waals surface area contributed by atoms with Crippen LogP contribution in [0, 0.1) is 21.7 Å². The minimum atomic E-state index is -0.136. The van der Waals surface area contributed by atoms with Gasteiger partial charge in [0.05, 0.1) is 0 Å². The molecule has 0 radical (unpaired) electrons. The Morgan fingerprint density at radius 1 is 0.564 bits per heavy atom. The van der Waals surface area contributed by atoms with Gasteiger partial charge in [0.25, 0.3) is 0 Å². The lowest BCUT2D eigenvalue weighted by atomic mass is 9.56. The zero-order valence-electron chi connectivity index (χ0n) is 27.2. The van der Waals surface area contributed by atoms with Crippen molar-refractivity contribution in [1.29, 1.82) is 0 Å². The quantitative estimate of drug-likeness (QED) is 0.271. The Balaban J connectivity index is 2.32. The van der Waals surface area contributed by atoms with Crippen molar-refractivity contribution >= 4 is 29.3 Å². The Kier molecular flexibility index (Phi) is 8.74. The molecule has 0 nitrogen and oxygen atoms in total. The van der Waals surface area contributed by atoms with E-state index in [1.165, 1.54) is 33.0 Å². The van der Waals surface area contributed by atoms with E-state index < -0.39 is 0 Å². The van der Waals surface area contributed by atoms with Gasteiger partial charge in [-0.05, 0) is 67.0 Å². The van der Waals surface area contributed by atoms with Gasteiger partial charge in [-0.3, -0.25) is 0 Å². The molecular weight excluding hydrogens is 506 g/mol. The van der Waals surface area contributed by atoms with Gasteiger partial charge in [0.15, 0.2) is 0 Å². The lowest BCUT2D eigenvalue weighted by molar-refractivity contribution is 0.118. The third-order valence-electron chi connectivity index (χ3n) is 9.60. The highest BCUT2D eigenvalue weighted by Gasteiger charge is 2.55. The highest BCUT2D eigenvalue weighted by Crippen LogP contribution is 2.65. The molecular formula is C37H56P2. The number of fused-ring (bicyclic) bond motifs is 1. The molecule has 0 spiro atoms. The Morgan fingerprint density at radius 3 is 1.54 bits per heavy atom. The fourth-order valence-electron chi connectivity index (χ4n) is 7.32. The lowest BCUT2D eigenvalue weighted by Gasteiger charge is -2.57. The van der Waals surface area contributed by atoms with Crippen molar-refractivity contribution in [2.45, 2.75) is 113 Å². The van der Waals surface area contributed by atoms with Crippen molar-refractivity contribution in [3.05, 3.63) is 82.9 Å². The number of benzene rings is 3. The summed E-state index contributed by atoms with van der Waals surface area (Å²) < 4.78 is 0. The minimum absolute atomic E-state index is 0.0313. The molecule has 214 valence electrons. The first-order valence-corrected chi connectivity index (χ1v) is 15.9. The number of hydrogen-bond donors (Lipinski definition) is 0. The molecule has 0 aliphatic heterocycles. The molecule has 3 rings (SSSR count). The maximum atomic E-state index is 3.40. The van der Waals surface area contributed by atoms with E-state index in [1.54, 1.807) is 0 Å². The van der Waals surface area contributed by atoms with Crippen LogP contribution in [-0.4, -0.2) is 0 Å². The summed E-state index contributed by atoms with van der Waals surface area (Å²) in [6.07, 6.45) is 1.03. The number of hydrogen-bond acceptors (Lipinski definition) is 0. The van der Waals surface area contributed by atoms with E-state index in [-0.39, 0.29) is 32.0 Å². The minimum Gasteiger partial charge on any atom is -0.125 e. The smallest absolute Gasteiger partial charge is 0.0197 e. The van der Waals surface area contributed by atoms with Crippen molar-refractivity contribution in [3.8, 4) is 0 Å². The summed E-state index contributed by atoms with van der Waals surface area (Å²) in [5, 5.41) is 2.44. The van der Waals surface area contributed by atoms with Crippen LogP contribution in [0.1, 0.15) is 118 Å². The Hall–Kier alpha value is -1.22. The van der Waals surface area contributed by atoms with Gasteiger partial charge in [-0.2, -0.15) is 0 Å². The summed E-state index contributed by atoms with van der Waals surface area (Å²) in [7, 11) is 6.77. The molecule has 0 saturated carbocycles. The molecule has 0 N–H and O–H groups in total. The predicted octanol–water partition coefficient (Wildman–Crippen LogP) is 11.5. The average Bonchev–Trinajstić information content (AvgIpc) is 2.80. The molecule has 3 unspecified atom stereocenters. The predicted molar refractivity (Wildman–Crippen MR) is 183 cm³/mol. The van der Waals surface area contributed by atoms with E-state index >= 15 is 0 Å². The molecule has 2 heteroatoms. The van der Waals surface area contributed by atoms with E-state index in [1.807, 2.05) is 0 Å². The Morgan fingerprint density at radius 2 is 1.03 bits per heavy atom. The first-order chi connectivity index (χ1) is 17.6. The van der Waals surface area contributed by atoms with Gasteiger partial charge in [0, 0.05) is 10.3 Å². The first kappa shape index (κ1) is 32.3. The van der Waals surface area contributed by atoms with Crippen LogP contribution in [0.4, 0.5) is 0 Å². The van der Waals surface area contributed by atoms with Gasteiger partial charge in [0.2, 0.25) is 0 Å². The van der Waals surface area contributed by atoms with Gasteiger partial charge < -0.3 is 0 Å². The first-order valence-electron chi connectivity index (χ1n) is 14.8. The van der Waals surface area contributed by atoms with Gasteiger partial charge in [0.1, 0.15) is 0 Å². The van der Waals surface area contributed by atoms with E-state index in [2.05, 4.69) is 169 Å². The molecule has 39 heavy (non-hydrogen) atoms. The second-order valence-corrected chi connectivity index (χ2v) is 17.9. The van der Waals surface area contributed by atoms with Crippen molar-refractivity contribution in [1.82, 2.24) is 0 Å². The summed E-state index contributed by atoms with van der Waals surface area (Å²) in [6, 6.07) is 23.1. The van der Waals surface area contributed by atoms with Crippen molar-refractivity contribution in [3.63, 3.8) is 0 Å². The van der Waals surface area contributed by atoms with E-state index in [0.29, 0.717) is 5.92 Å². The van der Waals surface area contributed by atoms with Crippen LogP contribution in [0.25, 0.3) is 10.8 Å². The fraction of sp³-hybridized carbons (Fsp3) is 0.568. The van der Waals surface area contributed by atoms with Gasteiger partial charge in [-0.25, -0.2) is 0 Å². The van der Waals surface area contributed by atoms with Crippen LogP contribution in [0.2, 0.25) is 0 Å². The Bertz CT molecular complexity index is 1270. The van der Waals surface area contributed by atoms with Gasteiger partial charge in [-0.15, -0.1) is 18.5 Å². The largest absolute Gasteiger partial charge is 0.125 e. The van der Waals surface area contributed by atoms with Crippen LogP contribution in [0.15, 0.2) is 60.7 Å². The van der Waals surface area contributed by atoms with Crippen LogP contribution in [0.5, 0.6) is 0 Å². The number of rotatable bonds is 5. The molecule has 3 aromatic rings. The summed E-state index contributed by atoms with van der Waals surface area (Å²) in [5.74, 6) is 0.404. The molecule has 0 amide bonds. The van der Waals surface area contributed by atoms with E-state index in [0.717, 1.165) is 6.42 Å². The molecule has 0 bridgehead atoms. The van der Waals surface area contributed by atoms with Crippen LogP contribution >= 0.6 is 18.5 Å². The fourth-order valence-corrected chi connectivity index (χ4v) is 7.81. The van der Waals surface area contributed by atoms with Crippen molar-refractivity contribution in [2.24, 2.45) is 21.7 Å². The summed E-state index contributed by atoms with van der Waals surface area (Å²) in [6.45, 7) is 31.3. The standard InChI is InChI=1S/C37H56P2/c1-25(23-28-19-16-18-26-17-14-15-20-29(26)28)27-21-22-30(36(38,32(2,3)4)33(5,6)7)31(24-27)37(39,34(8,9)10)35(11,12)13/h14-22,24-25H,23,38-39H2,1-13H3. The van der Waals surface area contributed by atoms with Crippen LogP contribution in [0.3, 0.4) is 0 Å². The second-order valence-electron chi connectivity index (χ2n) is 16.2. The molecule has 3 aromatic carbocycles. The molecule has 0 aliphatic rings. The normalized spacial score (nSPS) is 15.1. The molecule has 0 aliphatic carbocycles. The van der Waals surface area contributed by atoms with Crippen molar-refractivity contribution in [2.75, 3.05) is 0 Å². The van der Waals surface area contributed by atoms with Crippen molar-refractivity contribution < 1.29 is 0 Å². The third-order valence-corrected chi connectivity index (χ3v) is 13.7. The second kappa shape index (κ2) is 10.6. The monoisotopic (exact) mass is 562 g/mol. The van der Waals surface area contributed by atoms with Crippen LogP contribution < -0.4 is 0 Å². The van der Waals surface area contributed by atoms with Gasteiger partial charge >= 0.3 is 0 Å². The Labute approximate surface area is 245 Å². The zero-order valence-corrected chi connectivity index (χ0v) is 29.5. The molecule has 0 heterocycles. The summed E-state index contributed by atoms with van der Waals surface area (Å²) in [5.41, 5.74) is 5.96. The van der Waals surface area contributed by atoms with E-state index in [4.69, 9.17) is 0 Å². The lowest BCUT2D eigenvalue weighted by Crippen LogP contribution is -2.50. The average molecular weight is 563 g/mol. The maximum Gasteiger partial charge on any atom is 0.0197 e. The molecule has 3 atom stereocenters. The summed E-state index contributed by atoms with van der Waals surface area (Å²) in [4.78, 5) is 0. The molecule has 0 fully saturated rings. The SMILES string of the molecule is CC(Cc1cccc2ccccc12)c1ccc(C(P)(C(C)(C)C)C(C)(C)C)c(C(P)(C(C)(C)C)C(C)(C)C)c1. The highest BCUT2D eigenvalue weighted by molar-refractivity contribution is 7.19. The topological polar surface area (TPSA) is 0 Å². The highest BCUT2D eigenvalue weighted by atomic mass is 31.0. The van der Waals surface area contributed by atoms with E-state index in [9.17, 15) is 0 Å². The zero-order chi connectivity index (χ0) is 29.8. The molecule has 0 aromatic heterocycles. The maximum absolute atomic E-state index is 3.40. The molecule has 0 saturated heterocycles.